The number of halogens is 9. The van der Waals surface area contributed by atoms with Gasteiger partial charge >= 0.3 is 12.3 Å². The zero-order chi connectivity index (χ0) is 33.9. The van der Waals surface area contributed by atoms with Crippen LogP contribution < -0.4 is 4.74 Å². The van der Waals surface area contributed by atoms with Crippen LogP contribution in [0, 0.1) is 58.8 Å². The van der Waals surface area contributed by atoms with Crippen LogP contribution in [-0.4, -0.2) is 12.3 Å². The third-order valence-corrected chi connectivity index (χ3v) is 9.94. The highest BCUT2D eigenvalue weighted by Crippen LogP contribution is 2.46. The maximum Gasteiger partial charge on any atom is 0.458 e. The molecule has 254 valence electrons. The quantitative estimate of drug-likeness (QED) is 0.125. The lowest BCUT2D eigenvalue weighted by molar-refractivity contribution is -0.224. The normalized spacial score (nSPS) is 22.2. The molecular weight excluding hydrogens is 631 g/mol. The van der Waals surface area contributed by atoms with E-state index in [2.05, 4.69) is 6.92 Å². The molecule has 0 heterocycles. The molecule has 3 aromatic rings. The van der Waals surface area contributed by atoms with Gasteiger partial charge in [-0.3, -0.25) is 0 Å². The van der Waals surface area contributed by atoms with E-state index in [1.54, 1.807) is 0 Å². The van der Waals surface area contributed by atoms with E-state index in [9.17, 15) is 26.3 Å². The molecular formula is C37H37F9O. The summed E-state index contributed by atoms with van der Waals surface area (Å²) >= 11 is 0. The Balaban J connectivity index is 1.23. The van der Waals surface area contributed by atoms with Crippen LogP contribution in [0.2, 0.25) is 0 Å². The Kier molecular flexibility index (Phi) is 10.7. The van der Waals surface area contributed by atoms with Crippen molar-refractivity contribution in [1.82, 2.24) is 0 Å². The molecule has 0 aliphatic heterocycles. The number of rotatable bonds is 9. The third kappa shape index (κ3) is 8.39. The van der Waals surface area contributed by atoms with E-state index in [0.29, 0.717) is 43.6 Å². The first-order valence-electron chi connectivity index (χ1n) is 16.3. The SMILES string of the molecule is CCCCCC1CCC(C2CCC(C(F)(F)Oc3ccc(-c4cc(F)c5c(F)c(C#CC(F)(F)F)c(F)cc5c4)c(F)c3)CC2)CC1. The Morgan fingerprint density at radius 1 is 0.745 bits per heavy atom. The Hall–Kier alpha value is -3.35. The van der Waals surface area contributed by atoms with Crippen molar-refractivity contribution in [2.24, 2.45) is 23.7 Å². The number of hydrogen-bond donors (Lipinski definition) is 0. The number of fused-ring (bicyclic) bond motifs is 1. The standard InChI is InChI=1S/C37H37F9O/c1-2-3-4-5-22-6-8-23(9-7-22)24-10-12-27(13-11-24)37(45,46)47-28-14-15-29(32(39)21-28)25-18-26-20-31(38)30(16-17-36(42,43)44)35(41)34(26)33(40)19-25/h14-15,18-24,27H,2-13H2,1H3. The van der Waals surface area contributed by atoms with Crippen molar-refractivity contribution in [3.63, 3.8) is 0 Å². The summed E-state index contributed by atoms with van der Waals surface area (Å²) in [6.45, 7) is 2.20. The lowest BCUT2D eigenvalue weighted by atomic mass is 9.68. The number of unbranched alkanes of at least 4 members (excludes halogenated alkanes) is 2. The lowest BCUT2D eigenvalue weighted by Crippen LogP contribution is -2.38. The first-order chi connectivity index (χ1) is 22.3. The molecule has 0 radical (unpaired) electrons. The molecule has 0 aromatic heterocycles. The molecule has 2 aliphatic carbocycles. The van der Waals surface area contributed by atoms with Crippen LogP contribution in [0.25, 0.3) is 21.9 Å². The molecule has 0 atom stereocenters. The van der Waals surface area contributed by atoms with Gasteiger partial charge in [-0.25, -0.2) is 17.6 Å². The van der Waals surface area contributed by atoms with Gasteiger partial charge in [-0.1, -0.05) is 51.4 Å². The molecule has 0 spiro atoms. The highest BCUT2D eigenvalue weighted by molar-refractivity contribution is 5.90. The summed E-state index contributed by atoms with van der Waals surface area (Å²) in [6, 6.07) is 5.29. The van der Waals surface area contributed by atoms with Gasteiger partial charge in [-0.15, -0.1) is 0 Å². The smallest absolute Gasteiger partial charge is 0.432 e. The van der Waals surface area contributed by atoms with Crippen LogP contribution in [0.4, 0.5) is 39.5 Å². The Labute approximate surface area is 268 Å². The molecule has 2 fully saturated rings. The Morgan fingerprint density at radius 3 is 2.02 bits per heavy atom. The summed E-state index contributed by atoms with van der Waals surface area (Å²) in [5, 5.41) is -1.22. The molecule has 47 heavy (non-hydrogen) atoms. The van der Waals surface area contributed by atoms with Gasteiger partial charge in [0.2, 0.25) is 0 Å². The van der Waals surface area contributed by atoms with Crippen molar-refractivity contribution >= 4 is 10.8 Å². The van der Waals surface area contributed by atoms with E-state index < -0.39 is 63.6 Å². The largest absolute Gasteiger partial charge is 0.458 e. The van der Waals surface area contributed by atoms with Gasteiger partial charge in [-0.05, 0) is 97.6 Å². The van der Waals surface area contributed by atoms with E-state index in [1.807, 2.05) is 0 Å². The maximum absolute atomic E-state index is 15.2. The molecule has 0 unspecified atom stereocenters. The second-order valence-electron chi connectivity index (χ2n) is 13.0. The molecule has 0 N–H and O–H groups in total. The first-order valence-corrected chi connectivity index (χ1v) is 16.3. The van der Waals surface area contributed by atoms with Gasteiger partial charge in [0.15, 0.2) is 5.82 Å². The minimum Gasteiger partial charge on any atom is -0.432 e. The third-order valence-electron chi connectivity index (χ3n) is 9.94. The van der Waals surface area contributed by atoms with Crippen LogP contribution in [0.1, 0.15) is 89.5 Å². The van der Waals surface area contributed by atoms with Crippen molar-refractivity contribution < 1.29 is 44.3 Å². The molecule has 0 bridgehead atoms. The topological polar surface area (TPSA) is 9.23 Å². The van der Waals surface area contributed by atoms with Crippen molar-refractivity contribution in [3.05, 3.63) is 65.2 Å². The predicted octanol–water partition coefficient (Wildman–Crippen LogP) is 12.1. The Morgan fingerprint density at radius 2 is 1.40 bits per heavy atom. The summed E-state index contributed by atoms with van der Waals surface area (Å²) in [7, 11) is 0. The average molecular weight is 669 g/mol. The summed E-state index contributed by atoms with van der Waals surface area (Å²) < 4.78 is 132. The fraction of sp³-hybridized carbons (Fsp3) is 0.514. The van der Waals surface area contributed by atoms with E-state index >= 15 is 13.2 Å². The maximum atomic E-state index is 15.2. The number of ether oxygens (including phenoxy) is 1. The highest BCUT2D eigenvalue weighted by atomic mass is 19.4. The molecule has 10 heteroatoms. The fourth-order valence-electron chi connectivity index (χ4n) is 7.41. The van der Waals surface area contributed by atoms with E-state index in [1.165, 1.54) is 44.4 Å². The van der Waals surface area contributed by atoms with Crippen molar-refractivity contribution in [2.45, 2.75) is 96.3 Å². The van der Waals surface area contributed by atoms with Crippen molar-refractivity contribution in [1.29, 1.82) is 0 Å². The zero-order valence-electron chi connectivity index (χ0n) is 26.1. The number of benzene rings is 3. The molecule has 0 saturated heterocycles. The Bertz CT molecular complexity index is 1620. The van der Waals surface area contributed by atoms with Gasteiger partial charge in [0.1, 0.15) is 23.2 Å². The van der Waals surface area contributed by atoms with Crippen molar-refractivity contribution in [3.8, 4) is 28.7 Å². The second-order valence-corrected chi connectivity index (χ2v) is 13.0. The van der Waals surface area contributed by atoms with Crippen LogP contribution in [0.15, 0.2) is 36.4 Å². The van der Waals surface area contributed by atoms with Crippen LogP contribution in [0.3, 0.4) is 0 Å². The summed E-state index contributed by atoms with van der Waals surface area (Å²) in [6.07, 6.45) is 3.26. The highest BCUT2D eigenvalue weighted by Gasteiger charge is 2.45. The van der Waals surface area contributed by atoms with Crippen LogP contribution in [-0.2, 0) is 0 Å². The van der Waals surface area contributed by atoms with Gasteiger partial charge in [0.05, 0.1) is 16.9 Å². The fourth-order valence-corrected chi connectivity index (χ4v) is 7.41. The predicted molar refractivity (Wildman–Crippen MR) is 163 cm³/mol. The molecule has 2 saturated carbocycles. The molecule has 5 rings (SSSR count). The van der Waals surface area contributed by atoms with Gasteiger partial charge in [0.25, 0.3) is 0 Å². The van der Waals surface area contributed by atoms with Gasteiger partial charge < -0.3 is 4.74 Å². The van der Waals surface area contributed by atoms with E-state index in [0.717, 1.165) is 55.0 Å². The van der Waals surface area contributed by atoms with E-state index in [4.69, 9.17) is 4.74 Å². The minimum absolute atomic E-state index is 0.174. The van der Waals surface area contributed by atoms with E-state index in [-0.39, 0.29) is 11.1 Å². The lowest BCUT2D eigenvalue weighted by Gasteiger charge is -2.39. The summed E-state index contributed by atoms with van der Waals surface area (Å²) in [5.74, 6) is -3.00. The number of hydrogen-bond acceptors (Lipinski definition) is 1. The molecule has 1 nitrogen and oxygen atoms in total. The van der Waals surface area contributed by atoms with Gasteiger partial charge in [0, 0.05) is 17.6 Å². The molecule has 3 aromatic carbocycles. The number of alkyl halides is 5. The summed E-state index contributed by atoms with van der Waals surface area (Å²) in [5.41, 5.74) is -1.69. The average Bonchev–Trinajstić information content (AvgIpc) is 3.00. The zero-order valence-corrected chi connectivity index (χ0v) is 26.1. The van der Waals surface area contributed by atoms with Crippen LogP contribution in [0.5, 0.6) is 5.75 Å². The molecule has 2 aliphatic rings. The van der Waals surface area contributed by atoms with Gasteiger partial charge in [-0.2, -0.15) is 22.0 Å². The van der Waals surface area contributed by atoms with Crippen molar-refractivity contribution in [2.75, 3.05) is 0 Å². The molecule has 0 amide bonds. The van der Waals surface area contributed by atoms with Crippen LogP contribution >= 0.6 is 0 Å². The second kappa shape index (κ2) is 14.4. The monoisotopic (exact) mass is 668 g/mol. The minimum atomic E-state index is -5.03. The first kappa shape index (κ1) is 35.0. The summed E-state index contributed by atoms with van der Waals surface area (Å²) in [4.78, 5) is 0.